The Balaban J connectivity index is 0.00000118. The summed E-state index contributed by atoms with van der Waals surface area (Å²) >= 11 is 1.40. The van der Waals surface area contributed by atoms with Gasteiger partial charge in [-0.15, -0.1) is 11.3 Å². The van der Waals surface area contributed by atoms with Crippen LogP contribution in [-0.2, 0) is 4.79 Å². The van der Waals surface area contributed by atoms with Crippen LogP contribution in [0.3, 0.4) is 0 Å². The van der Waals surface area contributed by atoms with Crippen LogP contribution in [0.5, 0.6) is 0 Å². The maximum atomic E-state index is 12.8. The lowest BCUT2D eigenvalue weighted by Gasteiger charge is -2.12. The Morgan fingerprint density at radius 1 is 1.16 bits per heavy atom. The third-order valence-corrected chi connectivity index (χ3v) is 5.54. The van der Waals surface area contributed by atoms with E-state index in [2.05, 4.69) is 56.4 Å². The second kappa shape index (κ2) is 14.4. The van der Waals surface area contributed by atoms with E-state index in [9.17, 15) is 4.79 Å². The van der Waals surface area contributed by atoms with Crippen molar-refractivity contribution >= 4 is 27.9 Å². The molecule has 1 N–H and O–H groups in total. The number of rotatable bonds is 8. The van der Waals surface area contributed by atoms with Crippen molar-refractivity contribution in [3.63, 3.8) is 0 Å². The third-order valence-electron chi connectivity index (χ3n) is 4.78. The van der Waals surface area contributed by atoms with Gasteiger partial charge in [-0.05, 0) is 63.3 Å². The number of nitrogens with one attached hydrogen (secondary N) is 1. The molecule has 4 heteroatoms. The van der Waals surface area contributed by atoms with Crippen molar-refractivity contribution in [1.82, 2.24) is 4.98 Å². The summed E-state index contributed by atoms with van der Waals surface area (Å²) in [6, 6.07) is 0. The maximum absolute atomic E-state index is 12.8. The Labute approximate surface area is 198 Å². The summed E-state index contributed by atoms with van der Waals surface area (Å²) in [7, 11) is 0. The van der Waals surface area contributed by atoms with Crippen molar-refractivity contribution in [3.05, 3.63) is 88.6 Å². The second-order valence-corrected chi connectivity index (χ2v) is 8.88. The monoisotopic (exact) mass is 450 g/mol. The number of hydrogen-bond acceptors (Lipinski definition) is 3. The average molecular weight is 451 g/mol. The smallest absolute Gasteiger partial charge is 0.257 e. The molecule has 1 heterocycles. The molecule has 0 unspecified atom stereocenters. The van der Waals surface area contributed by atoms with Gasteiger partial charge in [0.25, 0.3) is 5.91 Å². The summed E-state index contributed by atoms with van der Waals surface area (Å²) in [5.41, 5.74) is 6.47. The molecule has 0 aromatic carbocycles. The number of unbranched alkanes of at least 4 members (excludes halogenated alkanes) is 1. The first-order valence-corrected chi connectivity index (χ1v) is 12.1. The highest BCUT2D eigenvalue weighted by Gasteiger charge is 2.15. The summed E-state index contributed by atoms with van der Waals surface area (Å²) in [5.74, 6) is -0.193. The van der Waals surface area contributed by atoms with E-state index in [1.54, 1.807) is 6.08 Å². The van der Waals surface area contributed by atoms with Crippen molar-refractivity contribution in [1.29, 1.82) is 0 Å². The van der Waals surface area contributed by atoms with E-state index < -0.39 is 0 Å². The molecular weight excluding hydrogens is 412 g/mol. The van der Waals surface area contributed by atoms with Crippen LogP contribution in [0, 0.1) is 0 Å². The Kier molecular flexibility index (Phi) is 12.3. The van der Waals surface area contributed by atoms with E-state index in [1.165, 1.54) is 35.3 Å². The van der Waals surface area contributed by atoms with Crippen molar-refractivity contribution in [2.45, 2.75) is 67.2 Å². The third kappa shape index (κ3) is 9.19. The standard InChI is InChI=1S/C24H28N2OS.C4H10/c1-7-19(13-12-16(2)3)22-15-28-24(25-22)26-23(27)21(17(4)5)14-20-11-9-8-10-18(20)6;1-3-4-2/h7,10-15H,1,4,8-9H2,2-3,5-6H3,(H,25,26,27);3-4H2,1-2H3/b19-13+,21-14+;. The molecule has 172 valence electrons. The average Bonchev–Trinajstić information content (AvgIpc) is 3.21. The molecule has 1 aromatic rings. The molecule has 0 saturated carbocycles. The maximum Gasteiger partial charge on any atom is 0.257 e. The fraction of sp³-hybridized carbons (Fsp3) is 0.357. The highest BCUT2D eigenvalue weighted by Crippen LogP contribution is 2.25. The van der Waals surface area contributed by atoms with Gasteiger partial charge in [0, 0.05) is 16.5 Å². The number of thiazole rings is 1. The first-order valence-electron chi connectivity index (χ1n) is 11.2. The summed E-state index contributed by atoms with van der Waals surface area (Å²) in [4.78, 5) is 17.4. The topological polar surface area (TPSA) is 42.0 Å². The van der Waals surface area contributed by atoms with Gasteiger partial charge in [-0.25, -0.2) is 4.98 Å². The van der Waals surface area contributed by atoms with Crippen molar-refractivity contribution in [3.8, 4) is 0 Å². The number of nitrogens with zero attached hydrogens (tertiary/aromatic N) is 1. The van der Waals surface area contributed by atoms with Gasteiger partial charge < -0.3 is 0 Å². The summed E-state index contributed by atoms with van der Waals surface area (Å²) < 4.78 is 0. The minimum absolute atomic E-state index is 0.193. The van der Waals surface area contributed by atoms with Gasteiger partial charge in [0.1, 0.15) is 0 Å². The van der Waals surface area contributed by atoms with Crippen LogP contribution in [0.2, 0.25) is 0 Å². The molecule has 1 aromatic heterocycles. The van der Waals surface area contributed by atoms with Gasteiger partial charge in [-0.1, -0.05) is 75.8 Å². The molecule has 32 heavy (non-hydrogen) atoms. The van der Waals surface area contributed by atoms with E-state index in [4.69, 9.17) is 0 Å². The SMILES string of the molecule is C=C/C(=C\C=C(C)C)c1csc(NC(=O)/C(=C/C2=CCCC=C2C)C(=C)C)n1.CCCC. The Morgan fingerprint density at radius 2 is 1.81 bits per heavy atom. The van der Waals surface area contributed by atoms with E-state index in [0.717, 1.165) is 35.3 Å². The largest absolute Gasteiger partial charge is 0.298 e. The number of carbonyl (C=O) groups is 1. The van der Waals surface area contributed by atoms with Crippen LogP contribution in [0.1, 0.15) is 72.9 Å². The fourth-order valence-corrected chi connectivity index (χ4v) is 3.39. The predicted octanol–water partition coefficient (Wildman–Crippen LogP) is 8.59. The van der Waals surface area contributed by atoms with Crippen LogP contribution in [0.4, 0.5) is 5.13 Å². The molecule has 0 radical (unpaired) electrons. The zero-order valence-corrected chi connectivity index (χ0v) is 21.4. The van der Waals surface area contributed by atoms with Gasteiger partial charge in [-0.2, -0.15) is 0 Å². The van der Waals surface area contributed by atoms with E-state index in [-0.39, 0.29) is 5.91 Å². The number of aromatic nitrogens is 1. The van der Waals surface area contributed by atoms with Crippen LogP contribution >= 0.6 is 11.3 Å². The lowest BCUT2D eigenvalue weighted by atomic mass is 9.95. The molecule has 0 saturated heterocycles. The molecule has 1 aliphatic rings. The number of amides is 1. The lowest BCUT2D eigenvalue weighted by Crippen LogP contribution is -2.15. The second-order valence-electron chi connectivity index (χ2n) is 8.02. The molecule has 0 aliphatic heterocycles. The van der Waals surface area contributed by atoms with E-state index in [1.807, 2.05) is 44.4 Å². The van der Waals surface area contributed by atoms with E-state index >= 15 is 0 Å². The first-order chi connectivity index (χ1) is 15.2. The molecule has 2 rings (SSSR count). The molecule has 0 fully saturated rings. The van der Waals surface area contributed by atoms with Crippen molar-refractivity contribution in [2.24, 2.45) is 0 Å². The van der Waals surface area contributed by atoms with E-state index in [0.29, 0.717) is 10.7 Å². The number of carbonyl (C=O) groups excluding carboxylic acids is 1. The molecule has 0 spiro atoms. The minimum Gasteiger partial charge on any atom is -0.298 e. The Hall–Kier alpha value is -2.72. The molecule has 1 aliphatic carbocycles. The summed E-state index contributed by atoms with van der Waals surface area (Å²) in [6.07, 6.45) is 16.7. The fourth-order valence-electron chi connectivity index (χ4n) is 2.67. The number of anilines is 1. The minimum atomic E-state index is -0.193. The van der Waals surface area contributed by atoms with Gasteiger partial charge >= 0.3 is 0 Å². The number of allylic oxidation sites excluding steroid dienone is 10. The first kappa shape index (κ1) is 27.3. The predicted molar refractivity (Wildman–Crippen MR) is 143 cm³/mol. The van der Waals surface area contributed by atoms with Crippen LogP contribution in [-0.4, -0.2) is 10.9 Å². The van der Waals surface area contributed by atoms with Crippen LogP contribution < -0.4 is 5.32 Å². The molecule has 1 amide bonds. The zero-order chi connectivity index (χ0) is 24.1. The van der Waals surface area contributed by atoms with Gasteiger partial charge in [0.2, 0.25) is 0 Å². The molecular formula is C28H38N2OS. The summed E-state index contributed by atoms with van der Waals surface area (Å²) in [5, 5.41) is 5.38. The van der Waals surface area contributed by atoms with Crippen molar-refractivity contribution < 1.29 is 4.79 Å². The number of hydrogen-bond donors (Lipinski definition) is 1. The van der Waals surface area contributed by atoms with Gasteiger partial charge in [0.05, 0.1) is 5.69 Å². The zero-order valence-electron chi connectivity index (χ0n) is 20.5. The van der Waals surface area contributed by atoms with Gasteiger partial charge in [0.15, 0.2) is 5.13 Å². The normalized spacial score (nSPS) is 13.8. The molecule has 3 nitrogen and oxygen atoms in total. The highest BCUT2D eigenvalue weighted by atomic mass is 32.1. The Morgan fingerprint density at radius 3 is 2.34 bits per heavy atom. The van der Waals surface area contributed by atoms with Crippen molar-refractivity contribution in [2.75, 3.05) is 5.32 Å². The quantitative estimate of drug-likeness (QED) is 0.318. The van der Waals surface area contributed by atoms with Crippen LogP contribution in [0.25, 0.3) is 5.57 Å². The van der Waals surface area contributed by atoms with Crippen LogP contribution in [0.15, 0.2) is 82.9 Å². The molecule has 0 atom stereocenters. The summed E-state index contributed by atoms with van der Waals surface area (Å²) in [6.45, 7) is 20.2. The lowest BCUT2D eigenvalue weighted by molar-refractivity contribution is -0.112. The Bertz CT molecular complexity index is 961. The molecule has 0 bridgehead atoms. The van der Waals surface area contributed by atoms with Gasteiger partial charge in [-0.3, -0.25) is 10.1 Å². The highest BCUT2D eigenvalue weighted by molar-refractivity contribution is 7.14.